The number of benzene rings is 1. The number of nitrogens with one attached hydrogen (secondary N) is 2. The fourth-order valence-electron chi connectivity index (χ4n) is 2.53. The van der Waals surface area contributed by atoms with E-state index in [0.717, 1.165) is 44.1 Å². The largest absolute Gasteiger partial charge is 0.379 e. The Bertz CT molecular complexity index is 487. The van der Waals surface area contributed by atoms with Crippen LogP contribution in [0.4, 0.5) is 5.69 Å². The molecule has 0 spiro atoms. The first-order valence-electron chi connectivity index (χ1n) is 7.28. The molecule has 0 radical (unpaired) electrons. The molecule has 6 heteroatoms. The Hall–Kier alpha value is -1.63. The second-order valence-corrected chi connectivity index (χ2v) is 5.46. The van der Waals surface area contributed by atoms with Crippen molar-refractivity contribution in [2.45, 2.75) is 19.9 Å². The van der Waals surface area contributed by atoms with Crippen LogP contribution in [0.3, 0.4) is 0 Å². The normalized spacial score (nSPS) is 17.3. The first kappa shape index (κ1) is 15.8. The Morgan fingerprint density at radius 1 is 1.43 bits per heavy atom. The molecule has 0 bridgehead atoms. The van der Waals surface area contributed by atoms with E-state index in [1.807, 2.05) is 19.9 Å². The number of nitrogens with zero attached hydrogens (tertiary/aromatic N) is 1. The molecule has 6 nitrogen and oxygen atoms in total. The Morgan fingerprint density at radius 3 is 2.76 bits per heavy atom. The maximum Gasteiger partial charge on any atom is 0.251 e. The molecule has 0 saturated carbocycles. The monoisotopic (exact) mass is 292 g/mol. The van der Waals surface area contributed by atoms with Crippen LogP contribution in [0.25, 0.3) is 0 Å². The molecule has 4 N–H and O–H groups in total. The predicted octanol–water partition coefficient (Wildman–Crippen LogP) is 0.731. The molecule has 1 aliphatic heterocycles. The van der Waals surface area contributed by atoms with Crippen molar-refractivity contribution in [2.75, 3.05) is 38.3 Å². The number of carbonyl (C=O) groups is 1. The van der Waals surface area contributed by atoms with Gasteiger partial charge >= 0.3 is 0 Å². The fourth-order valence-corrected chi connectivity index (χ4v) is 2.53. The summed E-state index contributed by atoms with van der Waals surface area (Å²) in [6.07, 6.45) is 0. The van der Waals surface area contributed by atoms with E-state index in [1.165, 1.54) is 0 Å². The van der Waals surface area contributed by atoms with Gasteiger partial charge in [-0.3, -0.25) is 15.5 Å². The lowest BCUT2D eigenvalue weighted by atomic mass is 10.1. The molecule has 0 aliphatic carbocycles. The zero-order chi connectivity index (χ0) is 15.2. The summed E-state index contributed by atoms with van der Waals surface area (Å²) >= 11 is 0. The fraction of sp³-hybridized carbons (Fsp3) is 0.533. The van der Waals surface area contributed by atoms with Crippen molar-refractivity contribution in [3.8, 4) is 0 Å². The highest BCUT2D eigenvalue weighted by Crippen LogP contribution is 2.14. The third-order valence-electron chi connectivity index (χ3n) is 3.65. The number of morpholine rings is 1. The standard InChI is InChI=1S/C15H24N4O2/c1-11-9-13(18-16)3-4-14(11)15(20)17-12(2)10-19-5-7-21-8-6-19/h3-4,9,12,18H,5-8,10,16H2,1-2H3,(H,17,20). The maximum atomic E-state index is 12.3. The van der Waals surface area contributed by atoms with Crippen molar-refractivity contribution in [1.29, 1.82) is 0 Å². The Balaban J connectivity index is 1.90. The van der Waals surface area contributed by atoms with Crippen molar-refractivity contribution in [2.24, 2.45) is 5.84 Å². The summed E-state index contributed by atoms with van der Waals surface area (Å²) < 4.78 is 5.32. The number of aryl methyl sites for hydroxylation is 1. The molecular weight excluding hydrogens is 268 g/mol. The third-order valence-corrected chi connectivity index (χ3v) is 3.65. The highest BCUT2D eigenvalue weighted by molar-refractivity contribution is 5.96. The van der Waals surface area contributed by atoms with Gasteiger partial charge in [-0.25, -0.2) is 0 Å². The van der Waals surface area contributed by atoms with Gasteiger partial charge < -0.3 is 15.5 Å². The predicted molar refractivity (Wildman–Crippen MR) is 83.2 cm³/mol. The van der Waals surface area contributed by atoms with Crippen LogP contribution in [0.1, 0.15) is 22.8 Å². The molecular formula is C15H24N4O2. The average Bonchev–Trinajstić information content (AvgIpc) is 2.47. The van der Waals surface area contributed by atoms with Crippen molar-refractivity contribution in [3.63, 3.8) is 0 Å². The summed E-state index contributed by atoms with van der Waals surface area (Å²) in [7, 11) is 0. The van der Waals surface area contributed by atoms with E-state index in [4.69, 9.17) is 10.6 Å². The summed E-state index contributed by atoms with van der Waals surface area (Å²) in [5.74, 6) is 5.32. The van der Waals surface area contributed by atoms with Crippen molar-refractivity contribution in [3.05, 3.63) is 29.3 Å². The molecule has 2 rings (SSSR count). The van der Waals surface area contributed by atoms with E-state index in [1.54, 1.807) is 12.1 Å². The van der Waals surface area contributed by atoms with Crippen LogP contribution >= 0.6 is 0 Å². The van der Waals surface area contributed by atoms with Gasteiger partial charge in [-0.05, 0) is 37.6 Å². The van der Waals surface area contributed by atoms with E-state index in [0.29, 0.717) is 5.56 Å². The smallest absolute Gasteiger partial charge is 0.251 e. The van der Waals surface area contributed by atoms with E-state index in [9.17, 15) is 4.79 Å². The van der Waals surface area contributed by atoms with Crippen molar-refractivity contribution >= 4 is 11.6 Å². The number of anilines is 1. The molecule has 1 amide bonds. The number of carbonyl (C=O) groups excluding carboxylic acids is 1. The summed E-state index contributed by atoms with van der Waals surface area (Å²) in [6, 6.07) is 5.56. The minimum atomic E-state index is -0.0446. The van der Waals surface area contributed by atoms with Crippen LogP contribution in [0, 0.1) is 6.92 Å². The zero-order valence-electron chi connectivity index (χ0n) is 12.7. The van der Waals surface area contributed by atoms with Gasteiger partial charge in [0.2, 0.25) is 0 Å². The van der Waals surface area contributed by atoms with Gasteiger partial charge in [0.15, 0.2) is 0 Å². The highest BCUT2D eigenvalue weighted by atomic mass is 16.5. The summed E-state index contributed by atoms with van der Waals surface area (Å²) in [4.78, 5) is 14.6. The van der Waals surface area contributed by atoms with Gasteiger partial charge in [-0.15, -0.1) is 0 Å². The number of hydrazine groups is 1. The maximum absolute atomic E-state index is 12.3. The Labute approximate surface area is 125 Å². The van der Waals surface area contributed by atoms with Crippen molar-refractivity contribution in [1.82, 2.24) is 10.2 Å². The minimum absolute atomic E-state index is 0.0446. The quantitative estimate of drug-likeness (QED) is 0.551. The van der Waals surface area contributed by atoms with Gasteiger partial charge in [0.25, 0.3) is 5.91 Å². The average molecular weight is 292 g/mol. The summed E-state index contributed by atoms with van der Waals surface area (Å²) in [6.45, 7) is 8.17. The number of nitrogen functional groups attached to an aromatic ring is 1. The number of hydrogen-bond donors (Lipinski definition) is 3. The van der Waals surface area contributed by atoms with Gasteiger partial charge in [0.05, 0.1) is 13.2 Å². The van der Waals surface area contributed by atoms with Crippen LogP contribution < -0.4 is 16.6 Å². The van der Waals surface area contributed by atoms with Gasteiger partial charge in [0.1, 0.15) is 0 Å². The molecule has 1 atom stereocenters. The van der Waals surface area contributed by atoms with E-state index in [2.05, 4.69) is 15.6 Å². The highest BCUT2D eigenvalue weighted by Gasteiger charge is 2.16. The van der Waals surface area contributed by atoms with Crippen LogP contribution in [0.5, 0.6) is 0 Å². The molecule has 1 saturated heterocycles. The minimum Gasteiger partial charge on any atom is -0.379 e. The molecule has 1 fully saturated rings. The van der Waals surface area contributed by atoms with E-state index >= 15 is 0 Å². The Kier molecular flexibility index (Phi) is 5.55. The summed E-state index contributed by atoms with van der Waals surface area (Å²) in [5.41, 5.74) is 4.96. The molecule has 1 unspecified atom stereocenters. The van der Waals surface area contributed by atoms with E-state index in [-0.39, 0.29) is 11.9 Å². The number of rotatable bonds is 5. The van der Waals surface area contributed by atoms with Crippen molar-refractivity contribution < 1.29 is 9.53 Å². The first-order valence-corrected chi connectivity index (χ1v) is 7.28. The molecule has 116 valence electrons. The number of amides is 1. The molecule has 1 heterocycles. The number of nitrogens with two attached hydrogens (primary N) is 1. The molecule has 1 aliphatic rings. The second-order valence-electron chi connectivity index (χ2n) is 5.46. The van der Waals surface area contributed by atoms with Crippen LogP contribution in [-0.4, -0.2) is 49.7 Å². The Morgan fingerprint density at radius 2 is 2.14 bits per heavy atom. The molecule has 1 aromatic rings. The van der Waals surface area contributed by atoms with Crippen LogP contribution in [0.15, 0.2) is 18.2 Å². The lowest BCUT2D eigenvalue weighted by Gasteiger charge is -2.29. The summed E-state index contributed by atoms with van der Waals surface area (Å²) in [5, 5.41) is 3.05. The lowest BCUT2D eigenvalue weighted by Crippen LogP contribution is -2.46. The topological polar surface area (TPSA) is 79.6 Å². The van der Waals surface area contributed by atoms with Gasteiger partial charge in [0, 0.05) is 36.9 Å². The lowest BCUT2D eigenvalue weighted by molar-refractivity contribution is 0.0342. The SMILES string of the molecule is Cc1cc(NN)ccc1C(=O)NC(C)CN1CCOCC1. The van der Waals surface area contributed by atoms with Gasteiger partial charge in [-0.2, -0.15) is 0 Å². The zero-order valence-corrected chi connectivity index (χ0v) is 12.7. The van der Waals surface area contributed by atoms with E-state index < -0.39 is 0 Å². The van der Waals surface area contributed by atoms with Crippen LogP contribution in [-0.2, 0) is 4.74 Å². The third kappa shape index (κ3) is 4.42. The second kappa shape index (κ2) is 7.40. The van der Waals surface area contributed by atoms with Crippen LogP contribution in [0.2, 0.25) is 0 Å². The molecule has 0 aromatic heterocycles. The first-order chi connectivity index (χ1) is 10.1. The molecule has 21 heavy (non-hydrogen) atoms. The number of ether oxygens (including phenoxy) is 1. The molecule has 1 aromatic carbocycles. The number of hydrogen-bond acceptors (Lipinski definition) is 5. The van der Waals surface area contributed by atoms with Gasteiger partial charge in [-0.1, -0.05) is 0 Å².